The summed E-state index contributed by atoms with van der Waals surface area (Å²) in [7, 11) is 1.87. The smallest absolute Gasteiger partial charge is 0.339 e. The number of nitrogens with one attached hydrogen (secondary N) is 1. The molecule has 0 aliphatic carbocycles. The van der Waals surface area contributed by atoms with Gasteiger partial charge in [0.05, 0.1) is 0 Å². The second kappa shape index (κ2) is 8.52. The lowest BCUT2D eigenvalue weighted by atomic mass is 9.96. The van der Waals surface area contributed by atoms with Crippen molar-refractivity contribution in [3.05, 3.63) is 46.5 Å². The van der Waals surface area contributed by atoms with Gasteiger partial charge in [-0.05, 0) is 60.6 Å². The number of piperidine rings is 1. The van der Waals surface area contributed by atoms with Crippen molar-refractivity contribution < 1.29 is 18.0 Å². The van der Waals surface area contributed by atoms with Gasteiger partial charge in [0.2, 0.25) is 5.91 Å². The number of nitrogens with zero attached hydrogens (tertiary/aromatic N) is 3. The van der Waals surface area contributed by atoms with Crippen LogP contribution in [-0.2, 0) is 11.8 Å². The predicted octanol–water partition coefficient (Wildman–Crippen LogP) is 4.51. The number of rotatable bonds is 4. The van der Waals surface area contributed by atoms with E-state index in [0.717, 1.165) is 18.7 Å². The van der Waals surface area contributed by atoms with Crippen LogP contribution in [0, 0.1) is 4.77 Å². The lowest BCUT2D eigenvalue weighted by Gasteiger charge is -2.30. The third kappa shape index (κ3) is 5.26. The van der Waals surface area contributed by atoms with E-state index in [1.165, 1.54) is 18.2 Å². The van der Waals surface area contributed by atoms with Crippen LogP contribution in [0.5, 0.6) is 0 Å². The van der Waals surface area contributed by atoms with Crippen molar-refractivity contribution in [3.8, 4) is 0 Å². The fraction of sp³-hybridized carbons (Fsp3) is 0.389. The van der Waals surface area contributed by atoms with Crippen molar-refractivity contribution in [1.29, 1.82) is 0 Å². The van der Waals surface area contributed by atoms with Gasteiger partial charge < -0.3 is 9.47 Å². The van der Waals surface area contributed by atoms with Gasteiger partial charge in [0.15, 0.2) is 4.77 Å². The van der Waals surface area contributed by atoms with Crippen LogP contribution in [0.25, 0.3) is 6.08 Å². The van der Waals surface area contributed by atoms with Gasteiger partial charge in [0.25, 0.3) is 0 Å². The lowest BCUT2D eigenvalue weighted by molar-refractivity contribution is -0.127. The van der Waals surface area contributed by atoms with Gasteiger partial charge >= 0.3 is 5.51 Å². The van der Waals surface area contributed by atoms with E-state index in [2.05, 4.69) is 10.2 Å². The normalized spacial score (nSPS) is 16.1. The molecule has 1 N–H and O–H groups in total. The summed E-state index contributed by atoms with van der Waals surface area (Å²) in [5.41, 5.74) is -3.63. The third-order valence-corrected chi connectivity index (χ3v) is 5.72. The average molecular weight is 429 g/mol. The summed E-state index contributed by atoms with van der Waals surface area (Å²) in [6.45, 7) is 1.24. The second-order valence-corrected chi connectivity index (χ2v) is 8.02. The number of aromatic amines is 1. The van der Waals surface area contributed by atoms with Gasteiger partial charge in [0.1, 0.15) is 5.82 Å². The molecule has 1 aliphatic rings. The van der Waals surface area contributed by atoms with E-state index >= 15 is 0 Å². The summed E-state index contributed by atoms with van der Waals surface area (Å²) in [4.78, 5) is 14.3. The quantitative estimate of drug-likeness (QED) is 0.442. The molecule has 28 heavy (non-hydrogen) atoms. The summed E-state index contributed by atoms with van der Waals surface area (Å²) in [5.74, 6) is 1.05. The van der Waals surface area contributed by atoms with Crippen molar-refractivity contribution >= 4 is 36.0 Å². The standard InChI is InChI=1S/C18H19F3N4OS2/c1-24-16(22-23-17(24)27)13-8-10-25(11-9-13)15(26)7-4-12-2-5-14(6-3-12)28-18(19,20)21/h2-7,13H,8-11H2,1H3,(H,23,27). The van der Waals surface area contributed by atoms with Gasteiger partial charge in [0, 0.05) is 37.0 Å². The van der Waals surface area contributed by atoms with E-state index in [-0.39, 0.29) is 28.5 Å². The molecule has 3 rings (SSSR count). The molecular weight excluding hydrogens is 409 g/mol. The van der Waals surface area contributed by atoms with E-state index < -0.39 is 5.51 Å². The number of benzene rings is 1. The Balaban J connectivity index is 1.54. The van der Waals surface area contributed by atoms with Crippen molar-refractivity contribution in [2.24, 2.45) is 7.05 Å². The molecule has 1 aromatic heterocycles. The molecule has 10 heteroatoms. The van der Waals surface area contributed by atoms with Crippen molar-refractivity contribution in [2.45, 2.75) is 29.2 Å². The van der Waals surface area contributed by atoms with E-state index in [1.54, 1.807) is 23.1 Å². The minimum atomic E-state index is -4.31. The Morgan fingerprint density at radius 1 is 1.29 bits per heavy atom. The Kier molecular flexibility index (Phi) is 6.29. The Hall–Kier alpha value is -2.07. The number of carbonyl (C=O) groups is 1. The first-order valence-corrected chi connectivity index (χ1v) is 9.89. The fourth-order valence-electron chi connectivity index (χ4n) is 3.14. The zero-order valence-electron chi connectivity index (χ0n) is 15.1. The number of likely N-dealkylation sites (tertiary alicyclic amines) is 1. The SMILES string of the molecule is Cn1c(C2CCN(C(=O)C=Cc3ccc(SC(F)(F)F)cc3)CC2)n[nH]c1=S. The molecular formula is C18H19F3N4OS2. The van der Waals surface area contributed by atoms with Crippen LogP contribution in [0.3, 0.4) is 0 Å². The molecule has 150 valence electrons. The number of hydrogen-bond acceptors (Lipinski definition) is 4. The monoisotopic (exact) mass is 428 g/mol. The number of alkyl halides is 3. The Bertz CT molecular complexity index is 910. The minimum absolute atomic E-state index is 0.109. The molecule has 2 heterocycles. The number of carbonyl (C=O) groups excluding carboxylic acids is 1. The van der Waals surface area contributed by atoms with Crippen molar-refractivity contribution in [2.75, 3.05) is 13.1 Å². The number of amides is 1. The van der Waals surface area contributed by atoms with E-state index in [0.29, 0.717) is 23.4 Å². The van der Waals surface area contributed by atoms with Gasteiger partial charge in [-0.15, -0.1) is 0 Å². The molecule has 0 spiro atoms. The maximum atomic E-state index is 12.4. The second-order valence-electron chi connectivity index (χ2n) is 6.50. The molecule has 2 aromatic rings. The molecule has 0 bridgehead atoms. The zero-order valence-corrected chi connectivity index (χ0v) is 16.7. The highest BCUT2D eigenvalue weighted by Crippen LogP contribution is 2.36. The zero-order chi connectivity index (χ0) is 20.3. The number of thioether (sulfide) groups is 1. The van der Waals surface area contributed by atoms with E-state index in [4.69, 9.17) is 12.2 Å². The Morgan fingerprint density at radius 3 is 2.46 bits per heavy atom. The first kappa shape index (κ1) is 20.7. The highest BCUT2D eigenvalue weighted by Gasteiger charge is 2.29. The van der Waals surface area contributed by atoms with Crippen LogP contribution in [0.1, 0.15) is 30.1 Å². The number of halogens is 3. The largest absolute Gasteiger partial charge is 0.446 e. The molecule has 1 amide bonds. The average Bonchev–Trinajstić information content (AvgIpc) is 2.99. The maximum absolute atomic E-state index is 12.4. The number of aromatic nitrogens is 3. The summed E-state index contributed by atoms with van der Waals surface area (Å²) >= 11 is 4.98. The van der Waals surface area contributed by atoms with Crippen LogP contribution in [0.4, 0.5) is 13.2 Å². The molecule has 0 saturated carbocycles. The van der Waals surface area contributed by atoms with Crippen LogP contribution in [0.2, 0.25) is 0 Å². The number of H-pyrrole nitrogens is 1. The van der Waals surface area contributed by atoms with Gasteiger partial charge in [-0.2, -0.15) is 18.3 Å². The number of hydrogen-bond donors (Lipinski definition) is 1. The maximum Gasteiger partial charge on any atom is 0.446 e. The minimum Gasteiger partial charge on any atom is -0.339 e. The van der Waals surface area contributed by atoms with Crippen LogP contribution in [0.15, 0.2) is 35.2 Å². The van der Waals surface area contributed by atoms with Crippen molar-refractivity contribution in [1.82, 2.24) is 19.7 Å². The molecule has 1 fully saturated rings. The highest BCUT2D eigenvalue weighted by atomic mass is 32.2. The lowest BCUT2D eigenvalue weighted by Crippen LogP contribution is -2.37. The summed E-state index contributed by atoms with van der Waals surface area (Å²) < 4.78 is 39.5. The fourth-order valence-corrected chi connectivity index (χ4v) is 3.81. The van der Waals surface area contributed by atoms with Crippen LogP contribution >= 0.6 is 24.0 Å². The molecule has 0 atom stereocenters. The van der Waals surface area contributed by atoms with Crippen LogP contribution < -0.4 is 0 Å². The molecule has 1 saturated heterocycles. The molecule has 1 aromatic carbocycles. The summed E-state index contributed by atoms with van der Waals surface area (Å²) in [5, 5.41) is 7.05. The molecule has 0 radical (unpaired) electrons. The van der Waals surface area contributed by atoms with Gasteiger partial charge in [-0.3, -0.25) is 9.89 Å². The predicted molar refractivity (Wildman–Crippen MR) is 104 cm³/mol. The van der Waals surface area contributed by atoms with Gasteiger partial charge in [-0.1, -0.05) is 12.1 Å². The Morgan fingerprint density at radius 2 is 1.93 bits per heavy atom. The molecule has 1 aliphatic heterocycles. The Labute approximate surface area is 169 Å². The first-order chi connectivity index (χ1) is 13.2. The van der Waals surface area contributed by atoms with Crippen molar-refractivity contribution in [3.63, 3.8) is 0 Å². The highest BCUT2D eigenvalue weighted by molar-refractivity contribution is 8.00. The van der Waals surface area contributed by atoms with E-state index in [9.17, 15) is 18.0 Å². The van der Waals surface area contributed by atoms with Gasteiger partial charge in [-0.25, -0.2) is 0 Å². The third-order valence-electron chi connectivity index (χ3n) is 4.62. The topological polar surface area (TPSA) is 53.9 Å². The molecule has 5 nitrogen and oxygen atoms in total. The van der Waals surface area contributed by atoms with Crippen LogP contribution in [-0.4, -0.2) is 44.2 Å². The van der Waals surface area contributed by atoms with E-state index in [1.807, 2.05) is 11.6 Å². The molecule has 0 unspecified atom stereocenters. The summed E-state index contributed by atoms with van der Waals surface area (Å²) in [6, 6.07) is 5.91. The summed E-state index contributed by atoms with van der Waals surface area (Å²) in [6.07, 6.45) is 4.68. The first-order valence-electron chi connectivity index (χ1n) is 8.67.